The number of methoxy groups -OCH3 is 1. The van der Waals surface area contributed by atoms with Gasteiger partial charge in [0, 0.05) is 13.2 Å². The third-order valence-corrected chi connectivity index (χ3v) is 3.23. The zero-order valence-corrected chi connectivity index (χ0v) is 11.7. The monoisotopic (exact) mass is 217 g/mol. The molecule has 0 saturated heterocycles. The first kappa shape index (κ1) is 17.3. The quantitative estimate of drug-likeness (QED) is 0.739. The normalized spacial score (nSPS) is 18.4. The highest BCUT2D eigenvalue weighted by atomic mass is 16.5. The third kappa shape index (κ3) is 6.16. The number of ether oxygens (including phenoxy) is 1. The zero-order chi connectivity index (χ0) is 12.4. The molecule has 0 amide bonds. The van der Waals surface area contributed by atoms with Crippen molar-refractivity contribution in [2.45, 2.75) is 66.5 Å². The van der Waals surface area contributed by atoms with Gasteiger partial charge in [0.2, 0.25) is 0 Å². The van der Waals surface area contributed by atoms with E-state index in [0.717, 1.165) is 6.42 Å². The number of hydrogen-bond acceptors (Lipinski definition) is 2. The van der Waals surface area contributed by atoms with Crippen LogP contribution in [-0.4, -0.2) is 19.3 Å². The minimum atomic E-state index is 0.175. The molecule has 0 heterocycles. The van der Waals surface area contributed by atoms with Gasteiger partial charge in [-0.05, 0) is 18.3 Å². The van der Waals surface area contributed by atoms with E-state index in [9.17, 15) is 0 Å². The molecule has 2 nitrogen and oxygen atoms in total. The van der Waals surface area contributed by atoms with E-state index in [1.54, 1.807) is 7.11 Å². The minimum absolute atomic E-state index is 0.175. The molecule has 0 aliphatic carbocycles. The van der Waals surface area contributed by atoms with Crippen LogP contribution in [0.4, 0.5) is 0 Å². The molecule has 0 rings (SSSR count). The molecule has 0 saturated carbocycles. The van der Waals surface area contributed by atoms with Crippen LogP contribution in [0.25, 0.3) is 0 Å². The Labute approximate surface area is 96.6 Å². The molecule has 0 spiro atoms. The van der Waals surface area contributed by atoms with Gasteiger partial charge in [-0.1, -0.05) is 48.0 Å². The van der Waals surface area contributed by atoms with Crippen LogP contribution in [0.3, 0.4) is 0 Å². The lowest BCUT2D eigenvalue weighted by Crippen LogP contribution is -2.42. The van der Waals surface area contributed by atoms with E-state index < -0.39 is 0 Å². The van der Waals surface area contributed by atoms with E-state index in [4.69, 9.17) is 10.5 Å². The van der Waals surface area contributed by atoms with Crippen LogP contribution in [0.15, 0.2) is 0 Å². The topological polar surface area (TPSA) is 35.2 Å². The molecule has 0 aliphatic heterocycles. The SMILES string of the molecule is CC.CCC(C)C(C)C(OC)C(N)CC. The van der Waals surface area contributed by atoms with Gasteiger partial charge in [-0.2, -0.15) is 0 Å². The highest BCUT2D eigenvalue weighted by Gasteiger charge is 2.25. The van der Waals surface area contributed by atoms with Crippen LogP contribution >= 0.6 is 0 Å². The van der Waals surface area contributed by atoms with Crippen molar-refractivity contribution in [2.24, 2.45) is 17.6 Å². The lowest BCUT2D eigenvalue weighted by atomic mass is 9.85. The van der Waals surface area contributed by atoms with Gasteiger partial charge >= 0.3 is 0 Å². The van der Waals surface area contributed by atoms with Gasteiger partial charge in [-0.25, -0.2) is 0 Å². The molecule has 2 heteroatoms. The summed E-state index contributed by atoms with van der Waals surface area (Å²) in [4.78, 5) is 0. The Bertz CT molecular complexity index is 128. The Morgan fingerprint density at radius 1 is 1.07 bits per heavy atom. The average molecular weight is 217 g/mol. The maximum atomic E-state index is 6.00. The van der Waals surface area contributed by atoms with E-state index in [2.05, 4.69) is 27.7 Å². The first-order valence-corrected chi connectivity index (χ1v) is 6.36. The molecule has 0 aromatic heterocycles. The first-order valence-electron chi connectivity index (χ1n) is 6.36. The Morgan fingerprint density at radius 3 is 1.80 bits per heavy atom. The van der Waals surface area contributed by atoms with Gasteiger partial charge in [0.15, 0.2) is 0 Å². The van der Waals surface area contributed by atoms with E-state index in [1.807, 2.05) is 13.8 Å². The summed E-state index contributed by atoms with van der Waals surface area (Å²) in [7, 11) is 1.76. The van der Waals surface area contributed by atoms with Crippen molar-refractivity contribution in [2.75, 3.05) is 7.11 Å². The zero-order valence-electron chi connectivity index (χ0n) is 11.7. The van der Waals surface area contributed by atoms with Gasteiger partial charge in [-0.3, -0.25) is 0 Å². The summed E-state index contributed by atoms with van der Waals surface area (Å²) in [6, 6.07) is 0.175. The number of rotatable bonds is 6. The summed E-state index contributed by atoms with van der Waals surface area (Å²) in [5, 5.41) is 0. The molecule has 0 aromatic carbocycles. The molecule has 94 valence electrons. The Kier molecular flexibility index (Phi) is 12.1. The van der Waals surface area contributed by atoms with E-state index in [0.29, 0.717) is 11.8 Å². The van der Waals surface area contributed by atoms with Crippen LogP contribution < -0.4 is 5.73 Å². The predicted octanol–water partition coefficient (Wildman–Crippen LogP) is 3.45. The molecular weight excluding hydrogens is 186 g/mol. The second-order valence-corrected chi connectivity index (χ2v) is 4.02. The van der Waals surface area contributed by atoms with Crippen LogP contribution in [-0.2, 0) is 4.74 Å². The maximum absolute atomic E-state index is 6.00. The predicted molar refractivity (Wildman–Crippen MR) is 69.0 cm³/mol. The van der Waals surface area contributed by atoms with Crippen LogP contribution in [0.1, 0.15) is 54.4 Å². The largest absolute Gasteiger partial charge is 0.380 e. The average Bonchev–Trinajstić information content (AvgIpc) is 2.30. The van der Waals surface area contributed by atoms with Gasteiger partial charge < -0.3 is 10.5 Å². The molecule has 2 N–H and O–H groups in total. The van der Waals surface area contributed by atoms with E-state index in [1.165, 1.54) is 6.42 Å². The fraction of sp³-hybridized carbons (Fsp3) is 1.00. The van der Waals surface area contributed by atoms with Gasteiger partial charge in [-0.15, -0.1) is 0 Å². The summed E-state index contributed by atoms with van der Waals surface area (Å²) in [5.41, 5.74) is 6.00. The van der Waals surface area contributed by atoms with Crippen molar-refractivity contribution in [1.82, 2.24) is 0 Å². The fourth-order valence-corrected chi connectivity index (χ4v) is 1.71. The maximum Gasteiger partial charge on any atom is 0.0750 e. The molecule has 0 fully saturated rings. The number of nitrogens with two attached hydrogens (primary N) is 1. The van der Waals surface area contributed by atoms with Crippen molar-refractivity contribution >= 4 is 0 Å². The Balaban J connectivity index is 0. The van der Waals surface area contributed by atoms with Crippen molar-refractivity contribution in [3.63, 3.8) is 0 Å². The highest BCUT2D eigenvalue weighted by molar-refractivity contribution is 4.79. The van der Waals surface area contributed by atoms with Gasteiger partial charge in [0.25, 0.3) is 0 Å². The van der Waals surface area contributed by atoms with Crippen LogP contribution in [0, 0.1) is 11.8 Å². The summed E-state index contributed by atoms with van der Waals surface area (Å²) in [6.07, 6.45) is 2.39. The minimum Gasteiger partial charge on any atom is -0.380 e. The molecule has 0 aromatic rings. The van der Waals surface area contributed by atoms with E-state index in [-0.39, 0.29) is 12.1 Å². The molecule has 0 bridgehead atoms. The second kappa shape index (κ2) is 10.4. The molecule has 4 unspecified atom stereocenters. The summed E-state index contributed by atoms with van der Waals surface area (Å²) in [6.45, 7) is 12.8. The molecule has 15 heavy (non-hydrogen) atoms. The lowest BCUT2D eigenvalue weighted by Gasteiger charge is -2.31. The molecule has 4 atom stereocenters. The van der Waals surface area contributed by atoms with Crippen molar-refractivity contribution < 1.29 is 4.74 Å². The lowest BCUT2D eigenvalue weighted by molar-refractivity contribution is 0.0174. The molecular formula is C13H31NO. The van der Waals surface area contributed by atoms with E-state index >= 15 is 0 Å². The van der Waals surface area contributed by atoms with Crippen molar-refractivity contribution in [1.29, 1.82) is 0 Å². The standard InChI is InChI=1S/C11H25NO.C2H6/c1-6-8(3)9(4)11(13-5)10(12)7-2;1-2/h8-11H,6-7,12H2,1-5H3;1-2H3. The van der Waals surface area contributed by atoms with Crippen LogP contribution in [0.2, 0.25) is 0 Å². The van der Waals surface area contributed by atoms with Gasteiger partial charge in [0.1, 0.15) is 0 Å². The Morgan fingerprint density at radius 2 is 1.53 bits per heavy atom. The molecule has 0 radical (unpaired) electrons. The van der Waals surface area contributed by atoms with Crippen molar-refractivity contribution in [3.8, 4) is 0 Å². The summed E-state index contributed by atoms with van der Waals surface area (Å²) in [5.74, 6) is 1.23. The smallest absolute Gasteiger partial charge is 0.0750 e. The summed E-state index contributed by atoms with van der Waals surface area (Å²) < 4.78 is 5.46. The second-order valence-electron chi connectivity index (χ2n) is 4.02. The van der Waals surface area contributed by atoms with Gasteiger partial charge in [0.05, 0.1) is 6.10 Å². The number of hydrogen-bond donors (Lipinski definition) is 1. The Hall–Kier alpha value is -0.0800. The van der Waals surface area contributed by atoms with Crippen LogP contribution in [0.5, 0.6) is 0 Å². The third-order valence-electron chi connectivity index (χ3n) is 3.23. The molecule has 0 aliphatic rings. The first-order chi connectivity index (χ1) is 7.08. The highest BCUT2D eigenvalue weighted by Crippen LogP contribution is 2.22. The summed E-state index contributed by atoms with van der Waals surface area (Å²) >= 11 is 0. The van der Waals surface area contributed by atoms with Crippen molar-refractivity contribution in [3.05, 3.63) is 0 Å². The fourth-order valence-electron chi connectivity index (χ4n) is 1.71.